The first-order valence-corrected chi connectivity index (χ1v) is 6.53. The van der Waals surface area contributed by atoms with Crippen LogP contribution >= 0.6 is 0 Å². The Morgan fingerprint density at radius 1 is 1.45 bits per heavy atom. The van der Waals surface area contributed by atoms with Gasteiger partial charge in [-0.05, 0) is 12.5 Å². The molecule has 0 N–H and O–H groups in total. The van der Waals surface area contributed by atoms with Crippen LogP contribution in [0, 0.1) is 0 Å². The Bertz CT molecular complexity index is 627. The first-order valence-electron chi connectivity index (χ1n) is 6.53. The van der Waals surface area contributed by atoms with Crippen molar-refractivity contribution in [3.8, 4) is 0 Å². The van der Waals surface area contributed by atoms with Gasteiger partial charge in [0.2, 0.25) is 0 Å². The number of aromatic nitrogens is 3. The topological polar surface area (TPSA) is 57.0 Å². The summed E-state index contributed by atoms with van der Waals surface area (Å²) >= 11 is 0. The van der Waals surface area contributed by atoms with E-state index >= 15 is 0 Å². The minimum atomic E-state index is -1.21. The summed E-state index contributed by atoms with van der Waals surface area (Å²) in [5, 5.41) is 4.11. The van der Waals surface area contributed by atoms with Gasteiger partial charge in [-0.15, -0.1) is 5.10 Å². The smallest absolute Gasteiger partial charge is 0.378 e. The second-order valence-corrected chi connectivity index (χ2v) is 4.59. The van der Waals surface area contributed by atoms with E-state index in [1.54, 1.807) is 6.92 Å². The molecule has 104 valence electrons. The molecule has 0 radical (unpaired) electrons. The van der Waals surface area contributed by atoms with E-state index in [0.717, 1.165) is 5.56 Å². The minimum Gasteiger partial charge on any atom is -0.460 e. The third-order valence-corrected chi connectivity index (χ3v) is 3.31. The van der Waals surface area contributed by atoms with E-state index in [9.17, 15) is 9.18 Å². The van der Waals surface area contributed by atoms with Crippen molar-refractivity contribution >= 4 is 5.97 Å². The lowest BCUT2D eigenvalue weighted by Gasteiger charge is -2.11. The number of hydrogen-bond acceptors (Lipinski definition) is 4. The molecule has 3 rings (SSSR count). The van der Waals surface area contributed by atoms with Crippen LogP contribution < -0.4 is 0 Å². The standard InChI is InChI=1S/C14H14FN3O2/c1-2-20-14(19)12-16-13-10(15)8-11(18(13)17-12)9-6-4-3-5-7-9/h3-7,10-11H,2,8H2,1H3/t10-,11+/m1/s1. The van der Waals surface area contributed by atoms with Gasteiger partial charge in [-0.3, -0.25) is 0 Å². The fraction of sp³-hybridized carbons (Fsp3) is 0.357. The molecule has 1 aliphatic heterocycles. The number of rotatable bonds is 3. The third-order valence-electron chi connectivity index (χ3n) is 3.31. The van der Waals surface area contributed by atoms with Crippen LogP contribution in [0.3, 0.4) is 0 Å². The van der Waals surface area contributed by atoms with E-state index < -0.39 is 12.1 Å². The van der Waals surface area contributed by atoms with Crippen molar-refractivity contribution in [2.75, 3.05) is 6.61 Å². The molecule has 2 heterocycles. The largest absolute Gasteiger partial charge is 0.460 e. The number of fused-ring (bicyclic) bond motifs is 1. The van der Waals surface area contributed by atoms with Gasteiger partial charge in [0.15, 0.2) is 12.0 Å². The van der Waals surface area contributed by atoms with Gasteiger partial charge < -0.3 is 4.74 Å². The number of alkyl halides is 1. The highest BCUT2D eigenvalue weighted by Gasteiger charge is 2.36. The number of ether oxygens (including phenoxy) is 1. The maximum Gasteiger partial charge on any atom is 0.378 e. The summed E-state index contributed by atoms with van der Waals surface area (Å²) in [6.07, 6.45) is -0.918. The maximum atomic E-state index is 14.0. The lowest BCUT2D eigenvalue weighted by Crippen LogP contribution is -2.11. The summed E-state index contributed by atoms with van der Waals surface area (Å²) < 4.78 is 20.4. The highest BCUT2D eigenvalue weighted by molar-refractivity contribution is 5.85. The number of carbonyl (C=O) groups excluding carboxylic acids is 1. The van der Waals surface area contributed by atoms with Crippen molar-refractivity contribution in [3.63, 3.8) is 0 Å². The predicted octanol–water partition coefficient (Wildman–Crippen LogP) is 2.46. The molecule has 0 amide bonds. The van der Waals surface area contributed by atoms with Crippen LogP contribution in [0.1, 0.15) is 47.6 Å². The second kappa shape index (κ2) is 5.03. The van der Waals surface area contributed by atoms with Crippen LogP contribution in [0.25, 0.3) is 0 Å². The van der Waals surface area contributed by atoms with Gasteiger partial charge >= 0.3 is 5.97 Å². The zero-order chi connectivity index (χ0) is 14.1. The Hall–Kier alpha value is -2.24. The molecular weight excluding hydrogens is 261 g/mol. The van der Waals surface area contributed by atoms with Crippen LogP contribution in [0.5, 0.6) is 0 Å². The van der Waals surface area contributed by atoms with Gasteiger partial charge in [0.1, 0.15) is 0 Å². The lowest BCUT2D eigenvalue weighted by molar-refractivity contribution is 0.0511. The molecule has 6 heteroatoms. The van der Waals surface area contributed by atoms with Crippen LogP contribution in [0.15, 0.2) is 30.3 Å². The average Bonchev–Trinajstić information content (AvgIpc) is 3.01. The SMILES string of the molecule is CCOC(=O)c1nc2n(n1)[C@H](c1ccccc1)C[C@H]2F. The van der Waals surface area contributed by atoms with Crippen molar-refractivity contribution in [3.05, 3.63) is 47.5 Å². The monoisotopic (exact) mass is 275 g/mol. The minimum absolute atomic E-state index is 0.0786. The van der Waals surface area contributed by atoms with Gasteiger partial charge in [-0.1, -0.05) is 30.3 Å². The molecule has 2 aromatic rings. The van der Waals surface area contributed by atoms with Gasteiger partial charge in [0.25, 0.3) is 5.82 Å². The van der Waals surface area contributed by atoms with E-state index in [-0.39, 0.29) is 24.3 Å². The fourth-order valence-electron chi connectivity index (χ4n) is 2.41. The van der Waals surface area contributed by atoms with Crippen LogP contribution in [-0.4, -0.2) is 27.3 Å². The zero-order valence-electron chi connectivity index (χ0n) is 11.0. The number of esters is 1. The molecule has 0 saturated carbocycles. The summed E-state index contributed by atoms with van der Waals surface area (Å²) in [6.45, 7) is 1.94. The molecule has 1 aromatic heterocycles. The summed E-state index contributed by atoms with van der Waals surface area (Å²) in [5.41, 5.74) is 0.953. The Balaban J connectivity index is 1.96. The molecule has 0 saturated heterocycles. The van der Waals surface area contributed by atoms with Gasteiger partial charge in [-0.2, -0.15) is 0 Å². The van der Waals surface area contributed by atoms with Crippen molar-refractivity contribution in [2.24, 2.45) is 0 Å². The van der Waals surface area contributed by atoms with Gasteiger partial charge in [-0.25, -0.2) is 18.9 Å². The van der Waals surface area contributed by atoms with E-state index in [0.29, 0.717) is 6.42 Å². The van der Waals surface area contributed by atoms with Gasteiger partial charge in [0.05, 0.1) is 12.6 Å². The molecule has 5 nitrogen and oxygen atoms in total. The van der Waals surface area contributed by atoms with Crippen molar-refractivity contribution in [1.29, 1.82) is 0 Å². The molecule has 0 bridgehead atoms. The molecule has 1 aliphatic rings. The number of nitrogens with zero attached hydrogens (tertiary/aromatic N) is 3. The molecule has 0 unspecified atom stereocenters. The quantitative estimate of drug-likeness (QED) is 0.807. The summed E-state index contributed by atoms with van der Waals surface area (Å²) in [6, 6.07) is 9.29. The van der Waals surface area contributed by atoms with Crippen LogP contribution in [0.2, 0.25) is 0 Å². The Labute approximate surface area is 115 Å². The van der Waals surface area contributed by atoms with Crippen LogP contribution in [-0.2, 0) is 4.74 Å². The number of carbonyl (C=O) groups is 1. The normalized spacial score (nSPS) is 20.7. The molecule has 0 fully saturated rings. The molecule has 20 heavy (non-hydrogen) atoms. The van der Waals surface area contributed by atoms with Crippen molar-refractivity contribution < 1.29 is 13.9 Å². The summed E-state index contributed by atoms with van der Waals surface area (Å²) in [5.74, 6) is -0.500. The second-order valence-electron chi connectivity index (χ2n) is 4.59. The fourth-order valence-corrected chi connectivity index (χ4v) is 2.41. The van der Waals surface area contributed by atoms with E-state index in [2.05, 4.69) is 10.1 Å². The summed E-state index contributed by atoms with van der Waals surface area (Å²) in [7, 11) is 0. The van der Waals surface area contributed by atoms with Crippen LogP contribution in [0.4, 0.5) is 4.39 Å². The number of halogens is 1. The predicted molar refractivity (Wildman–Crippen MR) is 69.0 cm³/mol. The highest BCUT2D eigenvalue weighted by atomic mass is 19.1. The maximum absolute atomic E-state index is 14.0. The molecule has 1 aromatic carbocycles. The highest BCUT2D eigenvalue weighted by Crippen LogP contribution is 2.39. The Morgan fingerprint density at radius 2 is 2.20 bits per heavy atom. The number of hydrogen-bond donors (Lipinski definition) is 0. The first-order chi connectivity index (χ1) is 9.70. The average molecular weight is 275 g/mol. The molecule has 2 atom stereocenters. The zero-order valence-corrected chi connectivity index (χ0v) is 11.0. The van der Waals surface area contributed by atoms with Crippen molar-refractivity contribution in [2.45, 2.75) is 25.6 Å². The van der Waals surface area contributed by atoms with E-state index in [1.807, 2.05) is 30.3 Å². The van der Waals surface area contributed by atoms with Gasteiger partial charge in [0, 0.05) is 6.42 Å². The first kappa shape index (κ1) is 12.8. The molecule has 0 spiro atoms. The van der Waals surface area contributed by atoms with Crippen molar-refractivity contribution in [1.82, 2.24) is 14.8 Å². The van der Waals surface area contributed by atoms with E-state index in [1.165, 1.54) is 4.68 Å². The molecule has 0 aliphatic carbocycles. The number of benzene rings is 1. The third kappa shape index (κ3) is 2.07. The Kier molecular flexibility index (Phi) is 3.22. The summed E-state index contributed by atoms with van der Waals surface area (Å²) in [4.78, 5) is 15.6. The molecular formula is C14H14FN3O2. The lowest BCUT2D eigenvalue weighted by atomic mass is 10.0. The van der Waals surface area contributed by atoms with E-state index in [4.69, 9.17) is 4.74 Å². The Morgan fingerprint density at radius 3 is 2.90 bits per heavy atom.